The van der Waals surface area contributed by atoms with Crippen molar-refractivity contribution in [1.82, 2.24) is 4.98 Å². The van der Waals surface area contributed by atoms with Crippen molar-refractivity contribution in [2.75, 3.05) is 0 Å². The molecule has 2 heterocycles. The highest BCUT2D eigenvalue weighted by atomic mass is 16.5. The minimum absolute atomic E-state index is 0.0216. The molecule has 0 saturated heterocycles. The summed E-state index contributed by atoms with van der Waals surface area (Å²) in [5.41, 5.74) is 0.898. The van der Waals surface area contributed by atoms with Gasteiger partial charge in [0.25, 0.3) is 0 Å². The van der Waals surface area contributed by atoms with E-state index in [-0.39, 0.29) is 12.4 Å². The molecule has 1 aromatic heterocycles. The van der Waals surface area contributed by atoms with Gasteiger partial charge in [-0.1, -0.05) is 0 Å². The second-order valence-electron chi connectivity index (χ2n) is 2.26. The van der Waals surface area contributed by atoms with Gasteiger partial charge in [-0.3, -0.25) is 4.98 Å². The monoisotopic (exact) mass is 151 g/mol. The van der Waals surface area contributed by atoms with E-state index in [1.54, 1.807) is 0 Å². The van der Waals surface area contributed by atoms with Crippen molar-refractivity contribution in [2.45, 2.75) is 6.61 Å². The first kappa shape index (κ1) is 6.15. The molecule has 0 atom stereocenters. The van der Waals surface area contributed by atoms with Crippen LogP contribution in [-0.2, 0) is 11.3 Å². The minimum atomic E-state index is -0.414. The average molecular weight is 151 g/mol. The van der Waals surface area contributed by atoms with Crippen LogP contribution in [0.25, 0.3) is 0 Å². The van der Waals surface area contributed by atoms with Gasteiger partial charge >= 0.3 is 5.97 Å². The van der Waals surface area contributed by atoms with E-state index in [0.717, 1.165) is 0 Å². The molecule has 4 heteroatoms. The molecule has 1 aromatic rings. The SMILES string of the molecule is O=C1OCc2c(O)cncc21. The Morgan fingerprint density at radius 2 is 2.36 bits per heavy atom. The molecule has 0 bridgehead atoms. The summed E-state index contributed by atoms with van der Waals surface area (Å²) in [6.45, 7) is 0.155. The van der Waals surface area contributed by atoms with E-state index in [2.05, 4.69) is 9.72 Å². The van der Waals surface area contributed by atoms with Gasteiger partial charge < -0.3 is 9.84 Å². The Balaban J connectivity index is 2.66. The first-order valence-electron chi connectivity index (χ1n) is 3.12. The number of carbonyl (C=O) groups excluding carboxylic acids is 1. The van der Waals surface area contributed by atoms with Crippen LogP contribution in [0.3, 0.4) is 0 Å². The molecule has 0 fully saturated rings. The first-order valence-corrected chi connectivity index (χ1v) is 3.12. The molecule has 0 saturated carbocycles. The van der Waals surface area contributed by atoms with Crippen LogP contribution >= 0.6 is 0 Å². The zero-order valence-corrected chi connectivity index (χ0v) is 5.57. The molecular weight excluding hydrogens is 146 g/mol. The van der Waals surface area contributed by atoms with Gasteiger partial charge in [0.05, 0.1) is 11.8 Å². The highest BCUT2D eigenvalue weighted by Gasteiger charge is 2.23. The van der Waals surface area contributed by atoms with Gasteiger partial charge in [0.2, 0.25) is 0 Å². The van der Waals surface area contributed by atoms with Crippen LogP contribution in [-0.4, -0.2) is 16.1 Å². The largest absolute Gasteiger partial charge is 0.506 e. The van der Waals surface area contributed by atoms with Gasteiger partial charge in [-0.2, -0.15) is 0 Å². The summed E-state index contributed by atoms with van der Waals surface area (Å²) in [5.74, 6) is -0.392. The van der Waals surface area contributed by atoms with Crippen molar-refractivity contribution < 1.29 is 14.6 Å². The molecule has 56 valence electrons. The Hall–Kier alpha value is -1.58. The molecule has 0 spiro atoms. The predicted molar refractivity (Wildman–Crippen MR) is 35.0 cm³/mol. The minimum Gasteiger partial charge on any atom is -0.506 e. The van der Waals surface area contributed by atoms with E-state index in [9.17, 15) is 4.79 Å². The summed E-state index contributed by atoms with van der Waals surface area (Å²) in [4.78, 5) is 14.5. The number of cyclic esters (lactones) is 1. The Morgan fingerprint density at radius 3 is 3.09 bits per heavy atom. The van der Waals surface area contributed by atoms with E-state index in [4.69, 9.17) is 5.11 Å². The number of hydrogen-bond donors (Lipinski definition) is 1. The first-order chi connectivity index (χ1) is 5.29. The fraction of sp³-hybridized carbons (Fsp3) is 0.143. The lowest BCUT2D eigenvalue weighted by Crippen LogP contribution is -1.93. The third-order valence-electron chi connectivity index (χ3n) is 1.60. The number of esters is 1. The lowest BCUT2D eigenvalue weighted by atomic mass is 10.2. The second-order valence-corrected chi connectivity index (χ2v) is 2.26. The summed E-state index contributed by atoms with van der Waals surface area (Å²) in [6, 6.07) is 0. The molecule has 2 rings (SSSR count). The summed E-state index contributed by atoms with van der Waals surface area (Å²) < 4.78 is 4.67. The number of fused-ring (bicyclic) bond motifs is 1. The molecule has 0 aromatic carbocycles. The Labute approximate surface area is 62.4 Å². The maximum absolute atomic E-state index is 10.8. The van der Waals surface area contributed by atoms with Crippen LogP contribution in [0.1, 0.15) is 15.9 Å². The van der Waals surface area contributed by atoms with E-state index in [1.807, 2.05) is 0 Å². The Kier molecular flexibility index (Phi) is 1.09. The van der Waals surface area contributed by atoms with Crippen LogP contribution in [0.5, 0.6) is 5.75 Å². The molecule has 0 amide bonds. The maximum atomic E-state index is 10.8. The smallest absolute Gasteiger partial charge is 0.340 e. The fourth-order valence-electron chi connectivity index (χ4n) is 1.02. The molecule has 1 aliphatic rings. The van der Waals surface area contributed by atoms with Crippen LogP contribution in [0.4, 0.5) is 0 Å². The van der Waals surface area contributed by atoms with Crippen LogP contribution in [0, 0.1) is 0 Å². The molecular formula is C7H5NO3. The average Bonchev–Trinajstić information content (AvgIpc) is 2.35. The molecule has 11 heavy (non-hydrogen) atoms. The Morgan fingerprint density at radius 1 is 1.55 bits per heavy atom. The standard InChI is InChI=1S/C7H5NO3/c9-6-2-8-1-4-5(6)3-11-7(4)10/h1-2,9H,3H2. The molecule has 1 N–H and O–H groups in total. The van der Waals surface area contributed by atoms with E-state index in [1.165, 1.54) is 12.4 Å². The number of pyridine rings is 1. The van der Waals surface area contributed by atoms with Crippen LogP contribution < -0.4 is 0 Å². The summed E-state index contributed by atoms with van der Waals surface area (Å²) in [7, 11) is 0. The molecule has 4 nitrogen and oxygen atoms in total. The topological polar surface area (TPSA) is 59.4 Å². The van der Waals surface area contributed by atoms with Gasteiger partial charge in [-0.15, -0.1) is 0 Å². The van der Waals surface area contributed by atoms with E-state index < -0.39 is 5.97 Å². The highest BCUT2D eigenvalue weighted by molar-refractivity contribution is 5.93. The summed E-state index contributed by atoms with van der Waals surface area (Å²) in [6.07, 6.45) is 2.69. The van der Waals surface area contributed by atoms with Gasteiger partial charge in [-0.25, -0.2) is 4.79 Å². The van der Waals surface area contributed by atoms with Crippen molar-refractivity contribution >= 4 is 5.97 Å². The van der Waals surface area contributed by atoms with Crippen molar-refractivity contribution in [3.05, 3.63) is 23.5 Å². The maximum Gasteiger partial charge on any atom is 0.340 e. The quantitative estimate of drug-likeness (QED) is 0.547. The van der Waals surface area contributed by atoms with Gasteiger partial charge in [0.15, 0.2) is 0 Å². The van der Waals surface area contributed by atoms with Crippen molar-refractivity contribution in [3.63, 3.8) is 0 Å². The third-order valence-corrected chi connectivity index (χ3v) is 1.60. The lowest BCUT2D eigenvalue weighted by Gasteiger charge is -1.94. The number of aromatic hydroxyl groups is 1. The second kappa shape index (κ2) is 1.95. The lowest BCUT2D eigenvalue weighted by molar-refractivity contribution is 0.0534. The third kappa shape index (κ3) is 0.756. The Bertz CT molecular complexity index is 321. The van der Waals surface area contributed by atoms with Crippen molar-refractivity contribution in [1.29, 1.82) is 0 Å². The number of hydrogen-bond acceptors (Lipinski definition) is 4. The summed E-state index contributed by atoms with van der Waals surface area (Å²) >= 11 is 0. The van der Waals surface area contributed by atoms with Crippen molar-refractivity contribution in [2.24, 2.45) is 0 Å². The normalized spacial score (nSPS) is 14.4. The fourth-order valence-corrected chi connectivity index (χ4v) is 1.02. The zero-order valence-electron chi connectivity index (χ0n) is 5.57. The highest BCUT2D eigenvalue weighted by Crippen LogP contribution is 2.26. The van der Waals surface area contributed by atoms with Crippen molar-refractivity contribution in [3.8, 4) is 5.75 Å². The molecule has 1 aliphatic heterocycles. The van der Waals surface area contributed by atoms with E-state index >= 15 is 0 Å². The van der Waals surface area contributed by atoms with Crippen LogP contribution in [0.2, 0.25) is 0 Å². The molecule has 0 radical (unpaired) electrons. The predicted octanol–water partition coefficient (Wildman–Crippen LogP) is 0.458. The number of nitrogens with zero attached hydrogens (tertiary/aromatic N) is 1. The number of aromatic nitrogens is 1. The van der Waals surface area contributed by atoms with E-state index in [0.29, 0.717) is 11.1 Å². The summed E-state index contributed by atoms with van der Waals surface area (Å²) in [5, 5.41) is 9.15. The number of carbonyl (C=O) groups is 1. The molecule has 0 unspecified atom stereocenters. The van der Waals surface area contributed by atoms with Gasteiger partial charge in [0, 0.05) is 11.8 Å². The van der Waals surface area contributed by atoms with Gasteiger partial charge in [0.1, 0.15) is 12.4 Å². The van der Waals surface area contributed by atoms with Gasteiger partial charge in [-0.05, 0) is 0 Å². The number of ether oxygens (including phenoxy) is 1. The zero-order chi connectivity index (χ0) is 7.84. The molecule has 0 aliphatic carbocycles. The number of rotatable bonds is 0. The van der Waals surface area contributed by atoms with Crippen LogP contribution in [0.15, 0.2) is 12.4 Å².